The number of carboxylic acid groups (broad SMARTS) is 1. The molecule has 34 heavy (non-hydrogen) atoms. The van der Waals surface area contributed by atoms with Gasteiger partial charge in [-0.2, -0.15) is 0 Å². The molecule has 0 aliphatic carbocycles. The van der Waals surface area contributed by atoms with Gasteiger partial charge in [0.25, 0.3) is 0 Å². The van der Waals surface area contributed by atoms with E-state index in [1.807, 2.05) is 6.92 Å². The van der Waals surface area contributed by atoms with Crippen molar-refractivity contribution >= 4 is 29.7 Å². The molecule has 12 nitrogen and oxygen atoms in total. The maximum absolute atomic E-state index is 13.1. The van der Waals surface area contributed by atoms with Crippen LogP contribution in [-0.4, -0.2) is 72.0 Å². The third-order valence-electron chi connectivity index (χ3n) is 5.98. The predicted octanol–water partition coefficient (Wildman–Crippen LogP) is -0.967. The van der Waals surface area contributed by atoms with E-state index in [4.69, 9.17) is 11.5 Å². The molecule has 0 saturated carbocycles. The zero-order chi connectivity index (χ0) is 25.8. The second-order valence-electron chi connectivity index (χ2n) is 9.10. The number of carbonyl (C=O) groups excluding carboxylic acids is 3. The van der Waals surface area contributed by atoms with Crippen LogP contribution in [0.15, 0.2) is 4.99 Å². The summed E-state index contributed by atoms with van der Waals surface area (Å²) >= 11 is 0. The second kappa shape index (κ2) is 14.4. The molecule has 1 fully saturated rings. The van der Waals surface area contributed by atoms with E-state index in [9.17, 15) is 24.3 Å². The maximum atomic E-state index is 13.1. The van der Waals surface area contributed by atoms with Gasteiger partial charge in [0, 0.05) is 6.54 Å². The summed E-state index contributed by atoms with van der Waals surface area (Å²) in [7, 11) is 0. The highest BCUT2D eigenvalue weighted by Crippen LogP contribution is 2.11. The Hall–Kier alpha value is -2.89. The van der Waals surface area contributed by atoms with Crippen LogP contribution in [0.3, 0.4) is 0 Å². The van der Waals surface area contributed by atoms with Crippen LogP contribution in [0.2, 0.25) is 0 Å². The fourth-order valence-electron chi connectivity index (χ4n) is 3.67. The number of hydrogen-bond donors (Lipinski definition) is 7. The van der Waals surface area contributed by atoms with Gasteiger partial charge < -0.3 is 37.8 Å². The summed E-state index contributed by atoms with van der Waals surface area (Å²) in [5, 5.41) is 20.6. The molecule has 1 rings (SSSR count). The summed E-state index contributed by atoms with van der Waals surface area (Å²) in [4.78, 5) is 54.2. The average molecular weight is 484 g/mol. The minimum absolute atomic E-state index is 0.0639. The smallest absolute Gasteiger partial charge is 0.326 e. The Bertz CT molecular complexity index is 733. The normalized spacial score (nSPS) is 18.9. The molecule has 194 valence electrons. The van der Waals surface area contributed by atoms with Crippen molar-refractivity contribution in [2.45, 2.75) is 84.0 Å². The topological polar surface area (TPSA) is 201 Å². The molecule has 1 saturated heterocycles. The fourth-order valence-corrected chi connectivity index (χ4v) is 3.67. The summed E-state index contributed by atoms with van der Waals surface area (Å²) in [6, 6.07) is -3.31. The molecule has 0 spiro atoms. The lowest BCUT2D eigenvalue weighted by atomic mass is 9.97. The van der Waals surface area contributed by atoms with E-state index < -0.39 is 35.9 Å². The highest BCUT2D eigenvalue weighted by molar-refractivity contribution is 5.94. The molecule has 1 aliphatic heterocycles. The van der Waals surface area contributed by atoms with Crippen molar-refractivity contribution in [1.82, 2.24) is 21.3 Å². The van der Waals surface area contributed by atoms with Crippen molar-refractivity contribution in [3.8, 4) is 0 Å². The highest BCUT2D eigenvalue weighted by atomic mass is 16.4. The molecule has 0 aromatic rings. The lowest BCUT2D eigenvalue weighted by Crippen LogP contribution is -2.59. The second-order valence-corrected chi connectivity index (χ2v) is 9.10. The van der Waals surface area contributed by atoms with Crippen molar-refractivity contribution in [2.75, 3.05) is 13.1 Å². The van der Waals surface area contributed by atoms with Crippen LogP contribution in [0.1, 0.15) is 59.8 Å². The Labute approximate surface area is 201 Å². The molecular formula is C22H41N7O5. The van der Waals surface area contributed by atoms with Gasteiger partial charge in [0.15, 0.2) is 5.96 Å². The summed E-state index contributed by atoms with van der Waals surface area (Å²) in [5.41, 5.74) is 10.7. The number of aliphatic imine (C=N–C) groups is 1. The number of amides is 3. The standard InChI is InChI=1S/C22H41N7O5/c1-5-13(4)17(21(33)34)29-20(32)16(12(2)3)28-19(31)15(9-7-11-26-22(23)24)27-18(30)14-8-6-10-25-14/h12-17,25H,5-11H2,1-4H3,(H,27,30)(H,28,31)(H,29,32)(H,33,34)(H4,23,24,26). The highest BCUT2D eigenvalue weighted by Gasteiger charge is 2.33. The number of nitrogens with two attached hydrogens (primary N) is 2. The van der Waals surface area contributed by atoms with E-state index in [-0.39, 0.29) is 42.7 Å². The molecule has 12 heteroatoms. The molecule has 9 N–H and O–H groups in total. The molecule has 0 bridgehead atoms. The number of rotatable bonds is 14. The van der Waals surface area contributed by atoms with E-state index in [1.54, 1.807) is 20.8 Å². The van der Waals surface area contributed by atoms with Gasteiger partial charge >= 0.3 is 5.97 Å². The number of carbonyl (C=O) groups is 4. The van der Waals surface area contributed by atoms with Gasteiger partial charge in [-0.1, -0.05) is 34.1 Å². The number of nitrogens with zero attached hydrogens (tertiary/aromatic N) is 1. The number of hydrogen-bond acceptors (Lipinski definition) is 6. The lowest BCUT2D eigenvalue weighted by Gasteiger charge is -2.28. The first-order chi connectivity index (χ1) is 16.0. The lowest BCUT2D eigenvalue weighted by molar-refractivity contribution is -0.144. The minimum atomic E-state index is -1.13. The fraction of sp³-hybridized carbons (Fsp3) is 0.773. The molecular weight excluding hydrogens is 442 g/mol. The number of carboxylic acids is 1. The van der Waals surface area contributed by atoms with Crippen molar-refractivity contribution < 1.29 is 24.3 Å². The van der Waals surface area contributed by atoms with Gasteiger partial charge in [0.2, 0.25) is 17.7 Å². The van der Waals surface area contributed by atoms with Crippen LogP contribution >= 0.6 is 0 Å². The summed E-state index contributed by atoms with van der Waals surface area (Å²) < 4.78 is 0. The molecule has 0 radical (unpaired) electrons. The van der Waals surface area contributed by atoms with Gasteiger partial charge in [0.05, 0.1) is 6.04 Å². The van der Waals surface area contributed by atoms with Crippen molar-refractivity contribution in [3.63, 3.8) is 0 Å². The summed E-state index contributed by atoms with van der Waals surface area (Å²) in [5.74, 6) is -3.19. The van der Waals surface area contributed by atoms with Crippen molar-refractivity contribution in [2.24, 2.45) is 28.3 Å². The zero-order valence-corrected chi connectivity index (χ0v) is 20.6. The van der Waals surface area contributed by atoms with E-state index >= 15 is 0 Å². The van der Waals surface area contributed by atoms with Crippen LogP contribution in [0.5, 0.6) is 0 Å². The predicted molar refractivity (Wildman–Crippen MR) is 129 cm³/mol. The van der Waals surface area contributed by atoms with Crippen LogP contribution in [0.25, 0.3) is 0 Å². The molecule has 1 aliphatic rings. The van der Waals surface area contributed by atoms with E-state index in [1.165, 1.54) is 0 Å². The zero-order valence-electron chi connectivity index (χ0n) is 20.6. The average Bonchev–Trinajstić information content (AvgIpc) is 3.31. The molecule has 5 atom stereocenters. The Balaban J connectivity index is 2.93. The van der Waals surface area contributed by atoms with Crippen LogP contribution in [-0.2, 0) is 19.2 Å². The third kappa shape index (κ3) is 9.54. The quantitative estimate of drug-likeness (QED) is 0.0929. The molecule has 1 heterocycles. The van der Waals surface area contributed by atoms with Crippen LogP contribution in [0, 0.1) is 11.8 Å². The SMILES string of the molecule is CCC(C)C(NC(=O)C(NC(=O)C(CCCN=C(N)N)NC(=O)C1CCCN1)C(C)C)C(=O)O. The van der Waals surface area contributed by atoms with E-state index in [0.29, 0.717) is 19.3 Å². The molecule has 3 amide bonds. The monoisotopic (exact) mass is 483 g/mol. The Morgan fingerprint density at radius 3 is 2.21 bits per heavy atom. The minimum Gasteiger partial charge on any atom is -0.480 e. The molecule has 5 unspecified atom stereocenters. The first kappa shape index (κ1) is 29.1. The van der Waals surface area contributed by atoms with Crippen molar-refractivity contribution in [1.29, 1.82) is 0 Å². The van der Waals surface area contributed by atoms with E-state index in [2.05, 4.69) is 26.3 Å². The van der Waals surface area contributed by atoms with Crippen LogP contribution < -0.4 is 32.7 Å². The van der Waals surface area contributed by atoms with Gasteiger partial charge in [0.1, 0.15) is 18.1 Å². The first-order valence-corrected chi connectivity index (χ1v) is 11.9. The van der Waals surface area contributed by atoms with Crippen LogP contribution in [0.4, 0.5) is 0 Å². The summed E-state index contributed by atoms with van der Waals surface area (Å²) in [6.45, 7) is 8.09. The number of guanidine groups is 1. The Kier molecular flexibility index (Phi) is 12.3. The number of aliphatic carboxylic acids is 1. The molecule has 0 aromatic heterocycles. The number of nitrogens with one attached hydrogen (secondary N) is 4. The first-order valence-electron chi connectivity index (χ1n) is 11.9. The van der Waals surface area contributed by atoms with Gasteiger partial charge in [-0.05, 0) is 44.1 Å². The maximum Gasteiger partial charge on any atom is 0.326 e. The summed E-state index contributed by atoms with van der Waals surface area (Å²) in [6.07, 6.45) is 2.81. The van der Waals surface area contributed by atoms with E-state index in [0.717, 1.165) is 13.0 Å². The largest absolute Gasteiger partial charge is 0.480 e. The Morgan fingerprint density at radius 2 is 1.71 bits per heavy atom. The van der Waals surface area contributed by atoms with Gasteiger partial charge in [-0.3, -0.25) is 19.4 Å². The Morgan fingerprint density at radius 1 is 1.06 bits per heavy atom. The third-order valence-corrected chi connectivity index (χ3v) is 5.98. The van der Waals surface area contributed by atoms with Gasteiger partial charge in [-0.25, -0.2) is 4.79 Å². The molecule has 0 aromatic carbocycles. The van der Waals surface area contributed by atoms with Crippen molar-refractivity contribution in [3.05, 3.63) is 0 Å². The van der Waals surface area contributed by atoms with Gasteiger partial charge in [-0.15, -0.1) is 0 Å².